The second-order valence-electron chi connectivity index (χ2n) is 15.0. The van der Waals surface area contributed by atoms with Crippen molar-refractivity contribution in [1.29, 1.82) is 0 Å². The Labute approximate surface area is 327 Å². The maximum Gasteiger partial charge on any atom is 0.306 e. The van der Waals surface area contributed by atoms with Crippen LogP contribution in [0.3, 0.4) is 0 Å². The van der Waals surface area contributed by atoms with E-state index in [0.717, 1.165) is 83.5 Å². The van der Waals surface area contributed by atoms with Crippen molar-refractivity contribution in [1.82, 2.24) is 0 Å². The third kappa shape index (κ3) is 40.6. The normalized spacial score (nSPS) is 12.3. The molecule has 0 aromatic carbocycles. The van der Waals surface area contributed by atoms with Gasteiger partial charge in [0.2, 0.25) is 0 Å². The van der Waals surface area contributed by atoms with E-state index in [1.54, 1.807) is 0 Å². The van der Waals surface area contributed by atoms with Crippen molar-refractivity contribution < 1.29 is 28.6 Å². The summed E-state index contributed by atoms with van der Waals surface area (Å²) >= 11 is 0. The summed E-state index contributed by atoms with van der Waals surface area (Å²) in [6.45, 7) is 6.50. The Morgan fingerprint density at radius 2 is 0.679 bits per heavy atom. The lowest BCUT2D eigenvalue weighted by Gasteiger charge is -2.18. The molecular formula is C47H84O6. The zero-order valence-electron chi connectivity index (χ0n) is 35.0. The zero-order chi connectivity index (χ0) is 38.7. The van der Waals surface area contributed by atoms with Gasteiger partial charge in [0, 0.05) is 19.3 Å². The molecule has 0 N–H and O–H groups in total. The maximum absolute atomic E-state index is 12.6. The number of unbranched alkanes of at least 4 members (excludes halogenated alkanes) is 23. The first-order valence-electron chi connectivity index (χ1n) is 22.5. The molecule has 0 bridgehead atoms. The third-order valence-corrected chi connectivity index (χ3v) is 9.65. The molecule has 0 fully saturated rings. The van der Waals surface area contributed by atoms with Crippen molar-refractivity contribution in [3.8, 4) is 0 Å². The molecule has 0 aliphatic heterocycles. The Bertz CT molecular complexity index is 907. The average molecular weight is 745 g/mol. The summed E-state index contributed by atoms with van der Waals surface area (Å²) in [5.41, 5.74) is 0. The van der Waals surface area contributed by atoms with E-state index in [9.17, 15) is 14.4 Å². The molecule has 6 nitrogen and oxygen atoms in total. The fraction of sp³-hybridized carbons (Fsp3) is 0.809. The van der Waals surface area contributed by atoms with Crippen LogP contribution in [0.4, 0.5) is 0 Å². The third-order valence-electron chi connectivity index (χ3n) is 9.65. The van der Waals surface area contributed by atoms with E-state index in [1.165, 1.54) is 103 Å². The van der Waals surface area contributed by atoms with Gasteiger partial charge in [-0.25, -0.2) is 0 Å². The average Bonchev–Trinajstić information content (AvgIpc) is 3.15. The van der Waals surface area contributed by atoms with Crippen LogP contribution in [0.25, 0.3) is 0 Å². The minimum absolute atomic E-state index is 0.0760. The fourth-order valence-electron chi connectivity index (χ4n) is 6.21. The largest absolute Gasteiger partial charge is 0.462 e. The predicted octanol–water partition coefficient (Wildman–Crippen LogP) is 14.2. The zero-order valence-corrected chi connectivity index (χ0v) is 35.0. The molecule has 0 rings (SSSR count). The van der Waals surface area contributed by atoms with Gasteiger partial charge in [0.1, 0.15) is 13.2 Å². The molecule has 308 valence electrons. The Morgan fingerprint density at radius 1 is 0.377 bits per heavy atom. The van der Waals surface area contributed by atoms with Gasteiger partial charge < -0.3 is 14.2 Å². The van der Waals surface area contributed by atoms with Gasteiger partial charge >= 0.3 is 17.9 Å². The van der Waals surface area contributed by atoms with E-state index in [4.69, 9.17) is 14.2 Å². The standard InChI is InChI=1S/C47H84O6/c1-4-7-10-13-15-17-18-19-20-21-22-23-24-25-26-27-28-30-31-34-37-40-46(49)52-43-44(42-51-45(48)39-36-33-12-9-6-3)53-47(50)41-38-35-32-29-16-14-11-8-5-2/h18-19,21-22,24-25,44H,4-17,20,23,26-43H2,1-3H3/b19-18-,22-21-,25-24-. The highest BCUT2D eigenvalue weighted by Gasteiger charge is 2.19. The smallest absolute Gasteiger partial charge is 0.306 e. The summed E-state index contributed by atoms with van der Waals surface area (Å²) < 4.78 is 16.5. The van der Waals surface area contributed by atoms with Crippen LogP contribution < -0.4 is 0 Å². The number of carbonyl (C=O) groups is 3. The Kier molecular flexibility index (Phi) is 40.5. The molecule has 0 aliphatic rings. The van der Waals surface area contributed by atoms with Crippen molar-refractivity contribution in [3.63, 3.8) is 0 Å². The van der Waals surface area contributed by atoms with Crippen LogP contribution in [0.2, 0.25) is 0 Å². The van der Waals surface area contributed by atoms with Crippen LogP contribution >= 0.6 is 0 Å². The van der Waals surface area contributed by atoms with E-state index in [2.05, 4.69) is 57.2 Å². The molecule has 0 saturated carbocycles. The number of esters is 3. The summed E-state index contributed by atoms with van der Waals surface area (Å²) in [4.78, 5) is 37.3. The van der Waals surface area contributed by atoms with Gasteiger partial charge in [-0.05, 0) is 57.8 Å². The van der Waals surface area contributed by atoms with Gasteiger partial charge in [0.05, 0.1) is 0 Å². The lowest BCUT2D eigenvalue weighted by atomic mass is 10.1. The number of allylic oxidation sites excluding steroid dienone is 6. The summed E-state index contributed by atoms with van der Waals surface area (Å²) in [6, 6.07) is 0. The SMILES string of the molecule is CCCCCCC/C=C\C/C=C\C/C=C\CCCCCCCCC(=O)OCC(COC(=O)CCCCCCC)OC(=O)CCCCCCCCCCC. The summed E-state index contributed by atoms with van der Waals surface area (Å²) in [5, 5.41) is 0. The molecule has 1 unspecified atom stereocenters. The Balaban J connectivity index is 4.15. The van der Waals surface area contributed by atoms with Crippen molar-refractivity contribution >= 4 is 17.9 Å². The lowest BCUT2D eigenvalue weighted by Crippen LogP contribution is -2.30. The molecule has 0 aromatic heterocycles. The topological polar surface area (TPSA) is 78.9 Å². The molecule has 0 radical (unpaired) electrons. The van der Waals surface area contributed by atoms with E-state index < -0.39 is 6.10 Å². The molecule has 0 saturated heterocycles. The van der Waals surface area contributed by atoms with Crippen LogP contribution in [0, 0.1) is 0 Å². The molecule has 1 atom stereocenters. The number of hydrogen-bond acceptors (Lipinski definition) is 6. The highest BCUT2D eigenvalue weighted by atomic mass is 16.6. The predicted molar refractivity (Wildman–Crippen MR) is 224 cm³/mol. The van der Waals surface area contributed by atoms with Crippen LogP contribution in [0.5, 0.6) is 0 Å². The summed E-state index contributed by atoms with van der Waals surface area (Å²) in [6.07, 6.45) is 47.4. The number of rotatable bonds is 40. The first-order valence-corrected chi connectivity index (χ1v) is 22.5. The highest BCUT2D eigenvalue weighted by Crippen LogP contribution is 2.13. The van der Waals surface area contributed by atoms with Crippen molar-refractivity contribution in [2.75, 3.05) is 13.2 Å². The Hall–Kier alpha value is -2.37. The quantitative estimate of drug-likeness (QED) is 0.0269. The fourth-order valence-corrected chi connectivity index (χ4v) is 6.21. The van der Waals surface area contributed by atoms with E-state index in [1.807, 2.05) is 0 Å². The van der Waals surface area contributed by atoms with E-state index in [-0.39, 0.29) is 31.1 Å². The maximum atomic E-state index is 12.6. The van der Waals surface area contributed by atoms with Crippen LogP contribution in [0.15, 0.2) is 36.5 Å². The van der Waals surface area contributed by atoms with Crippen molar-refractivity contribution in [2.24, 2.45) is 0 Å². The van der Waals surface area contributed by atoms with Crippen LogP contribution in [0.1, 0.15) is 226 Å². The lowest BCUT2D eigenvalue weighted by molar-refractivity contribution is -0.167. The summed E-state index contributed by atoms with van der Waals surface area (Å²) in [5.74, 6) is -0.905. The second-order valence-corrected chi connectivity index (χ2v) is 15.0. The Morgan fingerprint density at radius 3 is 1.06 bits per heavy atom. The van der Waals surface area contributed by atoms with E-state index in [0.29, 0.717) is 19.3 Å². The molecule has 0 aromatic rings. The van der Waals surface area contributed by atoms with Gasteiger partial charge in [0.15, 0.2) is 6.10 Å². The van der Waals surface area contributed by atoms with Crippen LogP contribution in [-0.2, 0) is 28.6 Å². The van der Waals surface area contributed by atoms with Gasteiger partial charge in [-0.1, -0.05) is 186 Å². The van der Waals surface area contributed by atoms with Gasteiger partial charge in [-0.15, -0.1) is 0 Å². The first-order chi connectivity index (χ1) is 26.0. The van der Waals surface area contributed by atoms with Gasteiger partial charge in [-0.3, -0.25) is 14.4 Å². The number of ether oxygens (including phenoxy) is 3. The van der Waals surface area contributed by atoms with Gasteiger partial charge in [0.25, 0.3) is 0 Å². The van der Waals surface area contributed by atoms with Crippen LogP contribution in [-0.4, -0.2) is 37.2 Å². The highest BCUT2D eigenvalue weighted by molar-refractivity contribution is 5.71. The molecule has 0 spiro atoms. The van der Waals surface area contributed by atoms with Crippen molar-refractivity contribution in [3.05, 3.63) is 36.5 Å². The summed E-state index contributed by atoms with van der Waals surface area (Å²) in [7, 11) is 0. The number of hydrogen-bond donors (Lipinski definition) is 0. The molecule has 0 aliphatic carbocycles. The minimum atomic E-state index is -0.768. The number of carbonyl (C=O) groups excluding carboxylic acids is 3. The van der Waals surface area contributed by atoms with E-state index >= 15 is 0 Å². The second kappa shape index (κ2) is 42.4. The molecule has 0 amide bonds. The molecule has 6 heteroatoms. The van der Waals surface area contributed by atoms with Crippen molar-refractivity contribution in [2.45, 2.75) is 232 Å². The van der Waals surface area contributed by atoms with Gasteiger partial charge in [-0.2, -0.15) is 0 Å². The molecule has 0 heterocycles. The minimum Gasteiger partial charge on any atom is -0.462 e. The first kappa shape index (κ1) is 50.6. The monoisotopic (exact) mass is 745 g/mol. The molecule has 53 heavy (non-hydrogen) atoms. The molecular weight excluding hydrogens is 661 g/mol.